The molecule has 5 heteroatoms. The fourth-order valence-corrected chi connectivity index (χ4v) is 3.61. The predicted molar refractivity (Wildman–Crippen MR) is 113 cm³/mol. The topological polar surface area (TPSA) is 79.2 Å². The van der Waals surface area contributed by atoms with Crippen LogP contribution < -0.4 is 0 Å². The number of hydrogen-bond donors (Lipinski definition) is 3. The fraction of sp³-hybridized carbons (Fsp3) is 0.913. The minimum atomic E-state index is -1.06. The van der Waals surface area contributed by atoms with Crippen molar-refractivity contribution in [1.82, 2.24) is 0 Å². The van der Waals surface area contributed by atoms with E-state index in [9.17, 15) is 10.2 Å². The van der Waals surface area contributed by atoms with Crippen molar-refractivity contribution in [2.24, 2.45) is 0 Å². The van der Waals surface area contributed by atoms with E-state index in [0.717, 1.165) is 19.3 Å². The first-order valence-electron chi connectivity index (χ1n) is 11.6. The maximum absolute atomic E-state index is 10.0. The normalized spacial score (nSPS) is 23.6. The van der Waals surface area contributed by atoms with Crippen molar-refractivity contribution in [3.63, 3.8) is 0 Å². The zero-order valence-electron chi connectivity index (χ0n) is 17.9. The molecule has 0 aromatic heterocycles. The Morgan fingerprint density at radius 3 is 2.11 bits per heavy atom. The first-order chi connectivity index (χ1) is 13.7. The van der Waals surface area contributed by atoms with E-state index < -0.39 is 31.0 Å². The molecule has 0 aromatic carbocycles. The lowest BCUT2D eigenvalue weighted by Gasteiger charge is -2.20. The third kappa shape index (κ3) is 11.5. The quantitative estimate of drug-likeness (QED) is 0.238. The maximum atomic E-state index is 10.0. The van der Waals surface area contributed by atoms with Crippen LogP contribution in [-0.2, 0) is 9.47 Å². The third-order valence-electron chi connectivity index (χ3n) is 5.47. The van der Waals surface area contributed by atoms with Gasteiger partial charge in [-0.15, -0.1) is 0 Å². The molecular weight excluding hydrogens is 356 g/mol. The van der Waals surface area contributed by atoms with Crippen molar-refractivity contribution in [3.8, 4) is 0 Å². The molecule has 0 unspecified atom stereocenters. The van der Waals surface area contributed by atoms with Crippen molar-refractivity contribution in [2.75, 3.05) is 19.8 Å². The van der Waals surface area contributed by atoms with Gasteiger partial charge in [-0.05, 0) is 32.1 Å². The third-order valence-corrected chi connectivity index (χ3v) is 5.47. The van der Waals surface area contributed by atoms with E-state index in [2.05, 4.69) is 19.1 Å². The van der Waals surface area contributed by atoms with E-state index in [0.29, 0.717) is 6.61 Å². The molecule has 0 bridgehead atoms. The molecule has 1 rings (SSSR count). The SMILES string of the molecule is CCCCCCCCCCC/C=C/CCCCO[C@H]1CO[C@@H]([C@H](O)CO)[C@H]1O. The lowest BCUT2D eigenvalue weighted by molar-refractivity contribution is -0.0730. The molecule has 28 heavy (non-hydrogen) atoms. The Balaban J connectivity index is 1.86. The lowest BCUT2D eigenvalue weighted by atomic mass is 10.1. The van der Waals surface area contributed by atoms with Crippen molar-refractivity contribution in [1.29, 1.82) is 0 Å². The number of rotatable bonds is 18. The first-order valence-corrected chi connectivity index (χ1v) is 11.6. The summed E-state index contributed by atoms with van der Waals surface area (Å²) >= 11 is 0. The van der Waals surface area contributed by atoms with Gasteiger partial charge in [0, 0.05) is 6.61 Å². The highest BCUT2D eigenvalue weighted by Gasteiger charge is 2.40. The number of hydrogen-bond acceptors (Lipinski definition) is 5. The van der Waals surface area contributed by atoms with Gasteiger partial charge in [0.2, 0.25) is 0 Å². The summed E-state index contributed by atoms with van der Waals surface area (Å²) in [5.41, 5.74) is 0. The van der Waals surface area contributed by atoms with Crippen molar-refractivity contribution in [3.05, 3.63) is 12.2 Å². The molecule has 1 saturated heterocycles. The number of ether oxygens (including phenoxy) is 2. The Bertz CT molecular complexity index is 374. The second-order valence-corrected chi connectivity index (χ2v) is 8.03. The minimum absolute atomic E-state index is 0.265. The Kier molecular flexibility index (Phi) is 15.9. The van der Waals surface area contributed by atoms with Crippen LogP contribution in [0.1, 0.15) is 90.4 Å². The van der Waals surface area contributed by atoms with Crippen molar-refractivity contribution >= 4 is 0 Å². The molecule has 5 nitrogen and oxygen atoms in total. The first kappa shape index (κ1) is 25.6. The number of aliphatic hydroxyl groups excluding tert-OH is 3. The molecule has 0 spiro atoms. The van der Waals surface area contributed by atoms with E-state index >= 15 is 0 Å². The highest BCUT2D eigenvalue weighted by Crippen LogP contribution is 2.20. The van der Waals surface area contributed by atoms with E-state index in [4.69, 9.17) is 14.6 Å². The van der Waals surface area contributed by atoms with Crippen molar-refractivity contribution in [2.45, 2.75) is 115 Å². The Hall–Kier alpha value is -0.460. The van der Waals surface area contributed by atoms with Crippen LogP contribution in [-0.4, -0.2) is 59.6 Å². The standard InChI is InChI=1S/C23H44O5/c1-2-3-4-5-6-7-8-9-10-11-12-13-14-15-16-17-27-21-19-28-23(22(21)26)20(25)18-24/h12-13,20-26H,2-11,14-19H2,1H3/b13-12+/t20-,21+,22+,23+/m1/s1. The molecule has 166 valence electrons. The van der Waals surface area contributed by atoms with Gasteiger partial charge in [0.25, 0.3) is 0 Å². The molecule has 0 aliphatic carbocycles. The van der Waals surface area contributed by atoms with Gasteiger partial charge in [0.05, 0.1) is 13.2 Å². The second-order valence-electron chi connectivity index (χ2n) is 8.03. The lowest BCUT2D eigenvalue weighted by Crippen LogP contribution is -2.41. The zero-order valence-corrected chi connectivity index (χ0v) is 17.9. The molecule has 1 aliphatic rings. The predicted octanol–water partition coefficient (Wildman–Crippen LogP) is 4.13. The largest absolute Gasteiger partial charge is 0.394 e. The summed E-state index contributed by atoms with van der Waals surface area (Å²) in [6.45, 7) is 2.70. The summed E-state index contributed by atoms with van der Waals surface area (Å²) in [5, 5.41) is 28.5. The average molecular weight is 401 g/mol. The summed E-state index contributed by atoms with van der Waals surface area (Å²) in [6.07, 6.45) is 18.1. The monoisotopic (exact) mass is 400 g/mol. The molecule has 0 saturated carbocycles. The molecule has 0 radical (unpaired) electrons. The Morgan fingerprint density at radius 1 is 0.929 bits per heavy atom. The average Bonchev–Trinajstić information content (AvgIpc) is 3.07. The molecule has 4 atom stereocenters. The van der Waals surface area contributed by atoms with E-state index in [1.54, 1.807) is 0 Å². The van der Waals surface area contributed by atoms with Crippen LogP contribution in [0.2, 0.25) is 0 Å². The fourth-order valence-electron chi connectivity index (χ4n) is 3.61. The van der Waals surface area contributed by atoms with Gasteiger partial charge in [0.15, 0.2) is 0 Å². The van der Waals surface area contributed by atoms with Gasteiger partial charge in [-0.1, -0.05) is 70.4 Å². The van der Waals surface area contributed by atoms with Gasteiger partial charge in [-0.3, -0.25) is 0 Å². The van der Waals surface area contributed by atoms with Gasteiger partial charge >= 0.3 is 0 Å². The molecule has 3 N–H and O–H groups in total. The van der Waals surface area contributed by atoms with Crippen molar-refractivity contribution < 1.29 is 24.8 Å². The van der Waals surface area contributed by atoms with Crippen LogP contribution in [0.15, 0.2) is 12.2 Å². The van der Waals surface area contributed by atoms with Gasteiger partial charge in [0.1, 0.15) is 24.4 Å². The molecule has 1 fully saturated rings. The molecule has 1 aliphatic heterocycles. The van der Waals surface area contributed by atoms with Crippen LogP contribution in [0.4, 0.5) is 0 Å². The molecule has 0 aromatic rings. The molecule has 1 heterocycles. The van der Waals surface area contributed by atoms with Crippen LogP contribution >= 0.6 is 0 Å². The van der Waals surface area contributed by atoms with Gasteiger partial charge in [-0.25, -0.2) is 0 Å². The minimum Gasteiger partial charge on any atom is -0.394 e. The molecular formula is C23H44O5. The summed E-state index contributed by atoms with van der Waals surface area (Å²) in [5.74, 6) is 0. The summed E-state index contributed by atoms with van der Waals surface area (Å²) in [7, 11) is 0. The van der Waals surface area contributed by atoms with Crippen LogP contribution in [0.5, 0.6) is 0 Å². The Labute approximate surface area is 172 Å². The summed E-state index contributed by atoms with van der Waals surface area (Å²) in [4.78, 5) is 0. The van der Waals surface area contributed by atoms with E-state index in [-0.39, 0.29) is 6.61 Å². The molecule has 0 amide bonds. The highest BCUT2D eigenvalue weighted by atomic mass is 16.6. The Morgan fingerprint density at radius 2 is 1.50 bits per heavy atom. The number of allylic oxidation sites excluding steroid dienone is 2. The van der Waals surface area contributed by atoms with Crippen LogP contribution in [0, 0.1) is 0 Å². The van der Waals surface area contributed by atoms with Gasteiger partial charge < -0.3 is 24.8 Å². The second kappa shape index (κ2) is 17.4. The smallest absolute Gasteiger partial charge is 0.114 e. The number of aliphatic hydroxyl groups is 3. The van der Waals surface area contributed by atoms with Gasteiger partial charge in [-0.2, -0.15) is 0 Å². The maximum Gasteiger partial charge on any atom is 0.114 e. The zero-order chi connectivity index (χ0) is 20.5. The summed E-state index contributed by atoms with van der Waals surface area (Å²) < 4.78 is 11.0. The summed E-state index contributed by atoms with van der Waals surface area (Å²) in [6, 6.07) is 0. The van der Waals surface area contributed by atoms with Crippen LogP contribution in [0.3, 0.4) is 0 Å². The van der Waals surface area contributed by atoms with Crippen LogP contribution in [0.25, 0.3) is 0 Å². The van der Waals surface area contributed by atoms with E-state index in [1.807, 2.05) is 0 Å². The highest BCUT2D eigenvalue weighted by molar-refractivity contribution is 4.88. The van der Waals surface area contributed by atoms with E-state index in [1.165, 1.54) is 64.2 Å². The number of unbranched alkanes of at least 4 members (excludes halogenated alkanes) is 11.